The van der Waals surface area contributed by atoms with Crippen molar-refractivity contribution in [2.24, 2.45) is 0 Å². The highest BCUT2D eigenvalue weighted by Crippen LogP contribution is 2.21. The van der Waals surface area contributed by atoms with Gasteiger partial charge in [0.2, 0.25) is 10.0 Å². The van der Waals surface area contributed by atoms with Crippen molar-refractivity contribution in [3.8, 4) is 5.75 Å². The number of ether oxygens (including phenoxy) is 2. The Morgan fingerprint density at radius 2 is 1.62 bits per heavy atom. The van der Waals surface area contributed by atoms with E-state index in [-0.39, 0.29) is 36.3 Å². The number of hydrogen-bond acceptors (Lipinski definition) is 6. The summed E-state index contributed by atoms with van der Waals surface area (Å²) in [4.78, 5) is 23.9. The summed E-state index contributed by atoms with van der Waals surface area (Å²) in [6.45, 7) is 2.84. The predicted octanol–water partition coefficient (Wildman–Crippen LogP) is 3.62. The average Bonchev–Trinajstić information content (AvgIpc) is 2.81. The van der Waals surface area contributed by atoms with Gasteiger partial charge in [-0.25, -0.2) is 8.42 Å². The molecule has 32 heavy (non-hydrogen) atoms. The molecule has 7 nitrogen and oxygen atoms in total. The maximum absolute atomic E-state index is 12.7. The van der Waals surface area contributed by atoms with Crippen molar-refractivity contribution in [2.45, 2.75) is 43.9 Å². The fourth-order valence-electron chi connectivity index (χ4n) is 3.59. The van der Waals surface area contributed by atoms with Crippen LogP contribution in [0.15, 0.2) is 53.4 Å². The van der Waals surface area contributed by atoms with Crippen molar-refractivity contribution in [1.82, 2.24) is 4.31 Å². The van der Waals surface area contributed by atoms with Crippen LogP contribution in [0.25, 0.3) is 0 Å². The highest BCUT2D eigenvalue weighted by Gasteiger charge is 2.25. The Kier molecular flexibility index (Phi) is 8.41. The number of para-hydroxylation sites is 1. The van der Waals surface area contributed by atoms with Crippen LogP contribution in [0.3, 0.4) is 0 Å². The minimum Gasteiger partial charge on any atom is -0.489 e. The van der Waals surface area contributed by atoms with Crippen molar-refractivity contribution in [3.05, 3.63) is 59.7 Å². The van der Waals surface area contributed by atoms with E-state index in [9.17, 15) is 18.0 Å². The molecule has 0 aromatic heterocycles. The summed E-state index contributed by atoms with van der Waals surface area (Å²) in [6.07, 6.45) is 3.50. The second kappa shape index (κ2) is 11.2. The molecular formula is C24H29NO6S. The Labute approximate surface area is 189 Å². The fourth-order valence-corrected chi connectivity index (χ4v) is 5.11. The first-order valence-electron chi connectivity index (χ1n) is 10.9. The molecule has 0 saturated carbocycles. The first-order chi connectivity index (χ1) is 15.4. The van der Waals surface area contributed by atoms with Crippen LogP contribution in [0.1, 0.15) is 48.5 Å². The van der Waals surface area contributed by atoms with E-state index in [0.29, 0.717) is 30.8 Å². The normalized spacial score (nSPS) is 14.7. The first-order valence-corrected chi connectivity index (χ1v) is 12.3. The third-order valence-electron chi connectivity index (χ3n) is 5.36. The number of hydrogen-bond donors (Lipinski definition) is 0. The summed E-state index contributed by atoms with van der Waals surface area (Å²) >= 11 is 0. The quantitative estimate of drug-likeness (QED) is 0.306. The first kappa shape index (κ1) is 23.9. The molecule has 0 unspecified atom stereocenters. The number of carbonyl (C=O) groups is 2. The second-order valence-corrected chi connectivity index (χ2v) is 9.67. The van der Waals surface area contributed by atoms with Gasteiger partial charge in [0, 0.05) is 19.5 Å². The molecule has 1 aliphatic rings. The van der Waals surface area contributed by atoms with Crippen molar-refractivity contribution in [2.75, 3.05) is 26.3 Å². The molecule has 2 aromatic carbocycles. The molecular weight excluding hydrogens is 430 g/mol. The van der Waals surface area contributed by atoms with Gasteiger partial charge in [0.05, 0.1) is 10.5 Å². The Hall–Kier alpha value is -2.71. The smallest absolute Gasteiger partial charge is 0.306 e. The van der Waals surface area contributed by atoms with E-state index in [1.54, 1.807) is 52.8 Å². The lowest BCUT2D eigenvalue weighted by Crippen LogP contribution is -2.35. The lowest BCUT2D eigenvalue weighted by Gasteiger charge is -2.25. The number of piperidine rings is 1. The van der Waals surface area contributed by atoms with Gasteiger partial charge in [-0.15, -0.1) is 0 Å². The van der Waals surface area contributed by atoms with Crippen LogP contribution in [0.2, 0.25) is 0 Å². The molecule has 3 rings (SSSR count). The van der Waals surface area contributed by atoms with E-state index in [2.05, 4.69) is 0 Å². The molecule has 8 heteroatoms. The lowest BCUT2D eigenvalue weighted by atomic mass is 10.1. The van der Waals surface area contributed by atoms with Gasteiger partial charge in [0.1, 0.15) is 19.0 Å². The monoisotopic (exact) mass is 459 g/mol. The molecule has 2 aromatic rings. The predicted molar refractivity (Wildman–Crippen MR) is 120 cm³/mol. The van der Waals surface area contributed by atoms with Gasteiger partial charge in [-0.3, -0.25) is 9.59 Å². The summed E-state index contributed by atoms with van der Waals surface area (Å²) in [5, 5.41) is 0. The van der Waals surface area contributed by atoms with Gasteiger partial charge < -0.3 is 9.47 Å². The standard InChI is InChI=1S/C24H29NO6S/c1-19(26)22-7-3-4-8-23(22)30-17-18-31-24(27)14-11-20-9-12-21(13-10-20)32(28,29)25-15-5-2-6-16-25/h3-4,7-10,12-13H,2,5-6,11,14-18H2,1H3. The van der Waals surface area contributed by atoms with E-state index in [0.717, 1.165) is 24.8 Å². The second-order valence-electron chi connectivity index (χ2n) is 7.73. The molecule has 1 aliphatic heterocycles. The highest BCUT2D eigenvalue weighted by molar-refractivity contribution is 7.89. The molecule has 1 heterocycles. The summed E-state index contributed by atoms with van der Waals surface area (Å²) in [5.74, 6) is 0.0152. The summed E-state index contributed by atoms with van der Waals surface area (Å²) in [6, 6.07) is 13.6. The topological polar surface area (TPSA) is 90.0 Å². The van der Waals surface area contributed by atoms with E-state index in [1.807, 2.05) is 0 Å². The SMILES string of the molecule is CC(=O)c1ccccc1OCCOC(=O)CCc1ccc(S(=O)(=O)N2CCCCC2)cc1. The van der Waals surface area contributed by atoms with Crippen molar-refractivity contribution in [1.29, 1.82) is 0 Å². The molecule has 0 aliphatic carbocycles. The number of ketones is 1. The number of benzene rings is 2. The van der Waals surface area contributed by atoms with E-state index < -0.39 is 10.0 Å². The van der Waals surface area contributed by atoms with Gasteiger partial charge in [0.25, 0.3) is 0 Å². The van der Waals surface area contributed by atoms with Gasteiger partial charge in [-0.05, 0) is 56.0 Å². The van der Waals surface area contributed by atoms with Gasteiger partial charge in [-0.1, -0.05) is 30.7 Å². The molecule has 0 N–H and O–H groups in total. The molecule has 0 spiro atoms. The number of rotatable bonds is 10. The fraction of sp³-hybridized carbons (Fsp3) is 0.417. The zero-order valence-corrected chi connectivity index (χ0v) is 19.1. The summed E-state index contributed by atoms with van der Waals surface area (Å²) in [5.41, 5.74) is 1.36. The van der Waals surface area contributed by atoms with Gasteiger partial charge in [0.15, 0.2) is 5.78 Å². The van der Waals surface area contributed by atoms with Crippen LogP contribution in [0.4, 0.5) is 0 Å². The molecule has 0 bridgehead atoms. The Balaban J connectivity index is 1.42. The van der Waals surface area contributed by atoms with Crippen LogP contribution < -0.4 is 4.74 Å². The maximum atomic E-state index is 12.7. The van der Waals surface area contributed by atoms with Crippen molar-refractivity contribution < 1.29 is 27.5 Å². The number of nitrogens with zero attached hydrogens (tertiary/aromatic N) is 1. The van der Waals surface area contributed by atoms with E-state index >= 15 is 0 Å². The minimum atomic E-state index is -3.45. The summed E-state index contributed by atoms with van der Waals surface area (Å²) in [7, 11) is -3.45. The molecule has 1 saturated heterocycles. The van der Waals surface area contributed by atoms with Crippen LogP contribution in [-0.2, 0) is 26.0 Å². The van der Waals surface area contributed by atoms with Crippen LogP contribution in [-0.4, -0.2) is 50.8 Å². The average molecular weight is 460 g/mol. The van der Waals surface area contributed by atoms with Gasteiger partial charge >= 0.3 is 5.97 Å². The Morgan fingerprint density at radius 3 is 2.31 bits per heavy atom. The minimum absolute atomic E-state index is 0.0814. The van der Waals surface area contributed by atoms with Crippen molar-refractivity contribution >= 4 is 21.8 Å². The Morgan fingerprint density at radius 1 is 0.938 bits per heavy atom. The van der Waals surface area contributed by atoms with Crippen molar-refractivity contribution in [3.63, 3.8) is 0 Å². The van der Waals surface area contributed by atoms with E-state index in [1.165, 1.54) is 6.92 Å². The number of carbonyl (C=O) groups excluding carboxylic acids is 2. The summed E-state index contributed by atoms with van der Waals surface area (Å²) < 4.78 is 37.7. The molecule has 0 radical (unpaired) electrons. The van der Waals surface area contributed by atoms with Crippen LogP contribution in [0, 0.1) is 0 Å². The maximum Gasteiger partial charge on any atom is 0.306 e. The number of aryl methyl sites for hydroxylation is 1. The molecule has 172 valence electrons. The Bertz CT molecular complexity index is 1030. The lowest BCUT2D eigenvalue weighted by molar-refractivity contribution is -0.144. The number of esters is 1. The molecule has 0 amide bonds. The zero-order chi connectivity index (χ0) is 23.0. The van der Waals surface area contributed by atoms with Crippen LogP contribution in [0.5, 0.6) is 5.75 Å². The van der Waals surface area contributed by atoms with E-state index in [4.69, 9.17) is 9.47 Å². The molecule has 1 fully saturated rings. The van der Waals surface area contributed by atoms with Gasteiger partial charge in [-0.2, -0.15) is 4.31 Å². The number of Topliss-reactive ketones (excluding diaryl/α,β-unsaturated/α-hetero) is 1. The van der Waals surface area contributed by atoms with Crippen LogP contribution >= 0.6 is 0 Å². The zero-order valence-electron chi connectivity index (χ0n) is 18.3. The third-order valence-corrected chi connectivity index (χ3v) is 7.28. The third kappa shape index (κ3) is 6.40. The molecule has 0 atom stereocenters. The number of sulfonamides is 1. The largest absolute Gasteiger partial charge is 0.489 e. The highest BCUT2D eigenvalue weighted by atomic mass is 32.2.